The van der Waals surface area contributed by atoms with Crippen LogP contribution in [0.1, 0.15) is 32.4 Å². The average molecular weight is 433 g/mol. The van der Waals surface area contributed by atoms with E-state index in [4.69, 9.17) is 15.0 Å². The largest absolute Gasteiger partial charge is 0.403 e. The number of aliphatic hydroxyl groups is 2. The van der Waals surface area contributed by atoms with Crippen molar-refractivity contribution in [3.8, 4) is 0 Å². The first-order valence-electron chi connectivity index (χ1n) is 9.01. The van der Waals surface area contributed by atoms with Gasteiger partial charge in [-0.15, -0.1) is 0 Å². The summed E-state index contributed by atoms with van der Waals surface area (Å²) in [5.41, 5.74) is 6.41. The molecule has 2 aromatic rings. The van der Waals surface area contributed by atoms with Gasteiger partial charge in [-0.25, -0.2) is 24.6 Å². The van der Waals surface area contributed by atoms with Gasteiger partial charge in [0.25, 0.3) is 0 Å². The molecule has 1 aliphatic heterocycles. The number of nitrogens with zero attached hydrogens (tertiary/aromatic N) is 4. The van der Waals surface area contributed by atoms with Crippen LogP contribution in [0, 0.1) is 0 Å². The molecule has 0 radical (unpaired) electrons. The van der Waals surface area contributed by atoms with Crippen LogP contribution in [-0.2, 0) is 13.8 Å². The van der Waals surface area contributed by atoms with Gasteiger partial charge in [0.15, 0.2) is 17.7 Å². The lowest BCUT2D eigenvalue weighted by Gasteiger charge is -2.18. The zero-order valence-electron chi connectivity index (χ0n) is 16.1. The fraction of sp³-hybridized carbons (Fsp3) is 0.667. The number of fused-ring (bicyclic) bond motifs is 1. The lowest BCUT2D eigenvalue weighted by atomic mass is 10.1. The average Bonchev–Trinajstić information content (AvgIpc) is 3.20. The number of aliphatic hydroxyl groups excluding tert-OH is 2. The van der Waals surface area contributed by atoms with Crippen molar-refractivity contribution in [1.29, 1.82) is 0 Å². The van der Waals surface area contributed by atoms with Gasteiger partial charge in [-0.1, -0.05) is 19.8 Å². The van der Waals surface area contributed by atoms with Gasteiger partial charge in [-0.3, -0.25) is 9.09 Å². The number of anilines is 1. The van der Waals surface area contributed by atoms with Crippen molar-refractivity contribution in [3.05, 3.63) is 12.7 Å². The van der Waals surface area contributed by atoms with E-state index < -0.39 is 32.3 Å². The predicted molar refractivity (Wildman–Crippen MR) is 104 cm³/mol. The zero-order chi connectivity index (χ0) is 20.3. The molecule has 14 heteroatoms. The van der Waals surface area contributed by atoms with E-state index in [-0.39, 0.29) is 18.6 Å². The van der Waals surface area contributed by atoms with Crippen LogP contribution in [0.2, 0.25) is 0 Å². The number of hydrogen-bond acceptors (Lipinski definition) is 10. The number of ether oxygens (including phenoxy) is 1. The highest BCUT2D eigenvalue weighted by Gasteiger charge is 2.45. The Labute approximate surface area is 167 Å². The summed E-state index contributed by atoms with van der Waals surface area (Å²) in [6.07, 6.45) is 0.586. The number of nitrogens with one attached hydrogen (secondary N) is 1. The van der Waals surface area contributed by atoms with E-state index in [1.807, 2.05) is 6.92 Å². The first kappa shape index (κ1) is 23.6. The lowest BCUT2D eigenvalue weighted by molar-refractivity contribution is -0.0487. The van der Waals surface area contributed by atoms with E-state index in [0.29, 0.717) is 17.7 Å². The summed E-state index contributed by atoms with van der Waals surface area (Å²) < 4.78 is 24.1. The van der Waals surface area contributed by atoms with Crippen LogP contribution in [0.15, 0.2) is 12.7 Å². The van der Waals surface area contributed by atoms with Gasteiger partial charge in [0.2, 0.25) is 0 Å². The molecule has 1 saturated heterocycles. The third-order valence-corrected chi connectivity index (χ3v) is 5.63. The van der Waals surface area contributed by atoms with Gasteiger partial charge in [-0.05, 0) is 6.42 Å². The van der Waals surface area contributed by atoms with Crippen LogP contribution in [0.25, 0.3) is 11.2 Å². The summed E-state index contributed by atoms with van der Waals surface area (Å²) in [5.74, 6) is 0.173. The number of rotatable bonds is 9. The van der Waals surface area contributed by atoms with Crippen LogP contribution < -0.4 is 17.0 Å². The minimum absolute atomic E-state index is 0. The molecule has 3 rings (SSSR count). The van der Waals surface area contributed by atoms with Crippen molar-refractivity contribution in [2.75, 3.05) is 18.9 Å². The first-order valence-corrected chi connectivity index (χ1v) is 10.6. The maximum absolute atomic E-state index is 12.0. The third-order valence-electron chi connectivity index (χ3n) is 4.50. The Kier molecular flexibility index (Phi) is 8.02. The summed E-state index contributed by atoms with van der Waals surface area (Å²) in [6.45, 7) is 1.98. The second kappa shape index (κ2) is 9.87. The summed E-state index contributed by atoms with van der Waals surface area (Å²) in [7, 11) is -4.04. The number of unbranched alkanes of at least 4 members (excludes halogenated alkanes) is 2. The van der Waals surface area contributed by atoms with Crippen molar-refractivity contribution in [2.24, 2.45) is 0 Å². The third kappa shape index (κ3) is 5.27. The van der Waals surface area contributed by atoms with Gasteiger partial charge in [-0.2, -0.15) is 0 Å². The molecule has 0 saturated carbocycles. The molecule has 3 heterocycles. The van der Waals surface area contributed by atoms with E-state index in [2.05, 4.69) is 20.0 Å². The molecule has 0 aromatic carbocycles. The van der Waals surface area contributed by atoms with Crippen molar-refractivity contribution in [1.82, 2.24) is 30.8 Å². The monoisotopic (exact) mass is 433 g/mol. The fourth-order valence-corrected chi connectivity index (χ4v) is 3.85. The van der Waals surface area contributed by atoms with Gasteiger partial charge < -0.3 is 31.7 Å². The van der Waals surface area contributed by atoms with Crippen molar-refractivity contribution in [2.45, 2.75) is 50.7 Å². The van der Waals surface area contributed by atoms with Gasteiger partial charge in [0.05, 0.1) is 12.9 Å². The second-order valence-electron chi connectivity index (χ2n) is 6.56. The molecule has 2 aromatic heterocycles. The molecule has 13 nitrogen and oxygen atoms in total. The number of hydrogen-bond donors (Lipinski definition) is 6. The molecule has 1 fully saturated rings. The number of nitrogen functional groups attached to an aromatic ring is 1. The molecular formula is C15H28N7O6P. The fourth-order valence-electron chi connectivity index (χ4n) is 2.97. The molecular weight excluding hydrogens is 405 g/mol. The highest BCUT2D eigenvalue weighted by molar-refractivity contribution is 7.50. The maximum Gasteiger partial charge on any atom is 0.403 e. The normalized spacial score (nSPS) is 26.3. The highest BCUT2D eigenvalue weighted by atomic mass is 31.2. The molecule has 5 atom stereocenters. The standard InChI is InChI=1S/C15H25N6O6P.H3N/c1-2-3-4-5-20-28(24,25)26-6-9-11(22)12(23)15(27-9)21-8-19-10-13(16)17-7-18-14(10)21;/h7-9,11-12,15,22-23H,2-6H2,1H3,(H2,16,17,18)(H2,20,24,25);1H3/t9-,11-,12-,15-;/m1./s1. The minimum Gasteiger partial charge on any atom is -0.387 e. The van der Waals surface area contributed by atoms with Gasteiger partial charge in [0, 0.05) is 6.54 Å². The van der Waals surface area contributed by atoms with E-state index in [9.17, 15) is 19.7 Å². The SMILES string of the molecule is CCCCCNP(=O)(O)OC[C@H]1O[C@@H](n2cnc3c(N)ncnc32)[C@H](O)[C@@H]1O.N. The number of nitrogens with two attached hydrogens (primary N) is 1. The molecule has 164 valence electrons. The van der Waals surface area contributed by atoms with Crippen LogP contribution >= 0.6 is 7.75 Å². The molecule has 1 aliphatic rings. The van der Waals surface area contributed by atoms with Crippen molar-refractivity contribution >= 4 is 24.7 Å². The van der Waals surface area contributed by atoms with Crippen LogP contribution in [0.3, 0.4) is 0 Å². The maximum atomic E-state index is 12.0. The molecule has 29 heavy (non-hydrogen) atoms. The molecule has 0 bridgehead atoms. The topological polar surface area (TPSA) is 213 Å². The minimum atomic E-state index is -4.04. The summed E-state index contributed by atoms with van der Waals surface area (Å²) in [6, 6.07) is 0. The Bertz CT molecular complexity index is 852. The Morgan fingerprint density at radius 3 is 2.79 bits per heavy atom. The molecule has 0 spiro atoms. The van der Waals surface area contributed by atoms with Gasteiger partial charge >= 0.3 is 7.75 Å². The molecule has 9 N–H and O–H groups in total. The highest BCUT2D eigenvalue weighted by Crippen LogP contribution is 2.39. The molecule has 0 amide bonds. The predicted octanol–water partition coefficient (Wildman–Crippen LogP) is 0.0865. The number of aromatic nitrogens is 4. The van der Waals surface area contributed by atoms with E-state index in [1.165, 1.54) is 17.2 Å². The summed E-state index contributed by atoms with van der Waals surface area (Å²) in [5, 5.41) is 23.1. The van der Waals surface area contributed by atoms with E-state index in [0.717, 1.165) is 19.3 Å². The lowest BCUT2D eigenvalue weighted by Crippen LogP contribution is -2.34. The smallest absolute Gasteiger partial charge is 0.387 e. The van der Waals surface area contributed by atoms with Gasteiger partial charge in [0.1, 0.15) is 30.2 Å². The Hall–Kier alpha value is -1.70. The first-order chi connectivity index (χ1) is 13.3. The second-order valence-corrected chi connectivity index (χ2v) is 8.18. The van der Waals surface area contributed by atoms with Crippen LogP contribution in [0.5, 0.6) is 0 Å². The van der Waals surface area contributed by atoms with Crippen LogP contribution in [0.4, 0.5) is 5.82 Å². The summed E-state index contributed by atoms with van der Waals surface area (Å²) >= 11 is 0. The molecule has 0 aliphatic carbocycles. The summed E-state index contributed by atoms with van der Waals surface area (Å²) in [4.78, 5) is 21.8. The van der Waals surface area contributed by atoms with Crippen molar-refractivity contribution < 1.29 is 28.9 Å². The Balaban J connectivity index is 0.00000300. The quantitative estimate of drug-likeness (QED) is 0.229. The van der Waals surface area contributed by atoms with E-state index >= 15 is 0 Å². The Morgan fingerprint density at radius 1 is 1.31 bits per heavy atom. The Morgan fingerprint density at radius 2 is 2.07 bits per heavy atom. The number of imidazole rings is 1. The molecule has 1 unspecified atom stereocenters. The van der Waals surface area contributed by atoms with Crippen molar-refractivity contribution in [3.63, 3.8) is 0 Å². The zero-order valence-corrected chi connectivity index (χ0v) is 17.0. The van der Waals surface area contributed by atoms with Crippen LogP contribution in [-0.4, -0.2) is 66.1 Å². The van der Waals surface area contributed by atoms with E-state index in [1.54, 1.807) is 0 Å².